The fraction of sp³-hybridized carbons (Fsp3) is 0.500. The lowest BCUT2D eigenvalue weighted by molar-refractivity contribution is -0.126. The van der Waals surface area contributed by atoms with Crippen molar-refractivity contribution in [3.05, 3.63) is 59.4 Å². The molecule has 1 aromatic carbocycles. The van der Waals surface area contributed by atoms with Gasteiger partial charge >= 0.3 is 0 Å². The Morgan fingerprint density at radius 3 is 2.33 bits per heavy atom. The molecule has 178 valence electrons. The minimum absolute atomic E-state index is 0.0122. The van der Waals surface area contributed by atoms with Crippen molar-refractivity contribution in [1.82, 2.24) is 14.2 Å². The Labute approximate surface area is 197 Å². The summed E-state index contributed by atoms with van der Waals surface area (Å²) in [7, 11) is -3.53. The maximum atomic E-state index is 12.8. The van der Waals surface area contributed by atoms with Crippen LogP contribution >= 0.6 is 0 Å². The quantitative estimate of drug-likeness (QED) is 0.629. The van der Waals surface area contributed by atoms with Crippen molar-refractivity contribution in [2.75, 3.05) is 13.1 Å². The van der Waals surface area contributed by atoms with Crippen molar-refractivity contribution in [2.45, 2.75) is 75.8 Å². The smallest absolute Gasteiger partial charge is 0.246 e. The van der Waals surface area contributed by atoms with Gasteiger partial charge < -0.3 is 9.47 Å². The minimum Gasteiger partial charge on any atom is -0.346 e. The Hall–Kier alpha value is -2.38. The van der Waals surface area contributed by atoms with E-state index in [9.17, 15) is 13.2 Å². The highest BCUT2D eigenvalue weighted by Gasteiger charge is 2.26. The number of likely N-dealkylation sites (tertiary alicyclic amines) is 1. The Bertz CT molecular complexity index is 1090. The molecule has 1 saturated carbocycles. The maximum absolute atomic E-state index is 12.8. The number of carbonyl (C=O) groups is 1. The molecule has 0 bridgehead atoms. The molecule has 4 rings (SSSR count). The second-order valence-electron chi connectivity index (χ2n) is 9.36. The van der Waals surface area contributed by atoms with Gasteiger partial charge in [0, 0.05) is 42.6 Å². The molecule has 6 nitrogen and oxygen atoms in total. The second-order valence-corrected chi connectivity index (χ2v) is 11.1. The molecule has 0 radical (unpaired) electrons. The van der Waals surface area contributed by atoms with Crippen molar-refractivity contribution in [3.63, 3.8) is 0 Å². The van der Waals surface area contributed by atoms with Crippen molar-refractivity contribution in [3.8, 4) is 0 Å². The number of benzene rings is 1. The molecule has 2 aliphatic rings. The van der Waals surface area contributed by atoms with Crippen LogP contribution in [0.3, 0.4) is 0 Å². The lowest BCUT2D eigenvalue weighted by Gasteiger charge is -2.31. The van der Waals surface area contributed by atoms with E-state index in [0.29, 0.717) is 32.0 Å². The fourth-order valence-corrected chi connectivity index (χ4v) is 6.57. The number of piperidine rings is 1. The highest BCUT2D eigenvalue weighted by atomic mass is 32.2. The SMILES string of the molecule is Cc1cc(/C=C/C(=O)N2CCC(NS(=O)(=O)c3ccccc3)CC2)c(C)n1C1CCCCC1. The predicted molar refractivity (Wildman–Crippen MR) is 131 cm³/mol. The predicted octanol–water partition coefficient (Wildman–Crippen LogP) is 4.59. The van der Waals surface area contributed by atoms with Gasteiger partial charge in [-0.05, 0) is 69.4 Å². The zero-order valence-corrected chi connectivity index (χ0v) is 20.5. The average molecular weight is 470 g/mol. The van der Waals surface area contributed by atoms with E-state index in [4.69, 9.17) is 0 Å². The molecular formula is C26H35N3O3S. The zero-order valence-electron chi connectivity index (χ0n) is 19.7. The normalized spacial score (nSPS) is 18.8. The summed E-state index contributed by atoms with van der Waals surface area (Å²) in [4.78, 5) is 14.9. The van der Waals surface area contributed by atoms with E-state index in [2.05, 4.69) is 29.2 Å². The number of carbonyl (C=O) groups excluding carboxylic acids is 1. The third-order valence-electron chi connectivity index (χ3n) is 7.05. The summed E-state index contributed by atoms with van der Waals surface area (Å²) in [5.74, 6) is -0.0122. The monoisotopic (exact) mass is 469 g/mol. The van der Waals surface area contributed by atoms with Crippen LogP contribution in [0.25, 0.3) is 6.08 Å². The van der Waals surface area contributed by atoms with Gasteiger partial charge in [-0.3, -0.25) is 4.79 Å². The average Bonchev–Trinajstić information content (AvgIpc) is 3.11. The first-order valence-electron chi connectivity index (χ1n) is 12.1. The van der Waals surface area contributed by atoms with Crippen LogP contribution in [0.1, 0.15) is 67.9 Å². The van der Waals surface area contributed by atoms with Crippen molar-refractivity contribution in [1.29, 1.82) is 0 Å². The molecule has 2 aromatic rings. The summed E-state index contributed by atoms with van der Waals surface area (Å²) in [6.07, 6.45) is 11.2. The van der Waals surface area contributed by atoms with Gasteiger partial charge in [-0.2, -0.15) is 0 Å². The number of aromatic nitrogens is 1. The molecule has 0 atom stereocenters. The van der Waals surface area contributed by atoms with Gasteiger partial charge in [0.05, 0.1) is 4.90 Å². The van der Waals surface area contributed by atoms with Crippen molar-refractivity contribution >= 4 is 22.0 Å². The lowest BCUT2D eigenvalue weighted by atomic mass is 9.95. The summed E-state index contributed by atoms with van der Waals surface area (Å²) in [5, 5.41) is 0. The molecule has 1 aliphatic heterocycles. The maximum Gasteiger partial charge on any atom is 0.246 e. The second kappa shape index (κ2) is 10.3. The van der Waals surface area contributed by atoms with Crippen LogP contribution in [0.2, 0.25) is 0 Å². The van der Waals surface area contributed by atoms with E-state index in [-0.39, 0.29) is 16.8 Å². The van der Waals surface area contributed by atoms with E-state index >= 15 is 0 Å². The minimum atomic E-state index is -3.53. The highest BCUT2D eigenvalue weighted by Crippen LogP contribution is 2.32. The molecular weight excluding hydrogens is 434 g/mol. The van der Waals surface area contributed by atoms with Crippen LogP contribution in [0.5, 0.6) is 0 Å². The van der Waals surface area contributed by atoms with Crippen molar-refractivity contribution < 1.29 is 13.2 Å². The van der Waals surface area contributed by atoms with E-state index in [1.54, 1.807) is 36.4 Å². The molecule has 2 fully saturated rings. The van der Waals surface area contributed by atoms with Gasteiger partial charge in [0.25, 0.3) is 0 Å². The molecule has 1 aromatic heterocycles. The van der Waals surface area contributed by atoms with Gasteiger partial charge in [-0.1, -0.05) is 37.5 Å². The van der Waals surface area contributed by atoms with Gasteiger partial charge in [0.1, 0.15) is 0 Å². The molecule has 7 heteroatoms. The van der Waals surface area contributed by atoms with Crippen LogP contribution in [0, 0.1) is 13.8 Å². The Morgan fingerprint density at radius 1 is 1.00 bits per heavy atom. The van der Waals surface area contributed by atoms with Crippen LogP contribution in [0.4, 0.5) is 0 Å². The number of hydrogen-bond donors (Lipinski definition) is 1. The molecule has 0 unspecified atom stereocenters. The summed E-state index contributed by atoms with van der Waals surface area (Å²) in [5.41, 5.74) is 3.60. The third-order valence-corrected chi connectivity index (χ3v) is 8.59. The topological polar surface area (TPSA) is 71.4 Å². The molecule has 1 amide bonds. The molecule has 1 saturated heterocycles. The Kier molecular flexibility index (Phi) is 7.39. The molecule has 33 heavy (non-hydrogen) atoms. The third kappa shape index (κ3) is 5.58. The van der Waals surface area contributed by atoms with Gasteiger partial charge in [0.2, 0.25) is 15.9 Å². The molecule has 0 spiro atoms. The van der Waals surface area contributed by atoms with Crippen LogP contribution in [-0.2, 0) is 14.8 Å². The van der Waals surface area contributed by atoms with Crippen LogP contribution < -0.4 is 4.72 Å². The molecule has 1 aliphatic carbocycles. The number of rotatable bonds is 6. The molecule has 1 N–H and O–H groups in total. The number of nitrogens with zero attached hydrogens (tertiary/aromatic N) is 2. The summed E-state index contributed by atoms with van der Waals surface area (Å²) in [6, 6.07) is 11.0. The zero-order chi connectivity index (χ0) is 23.4. The highest BCUT2D eigenvalue weighted by molar-refractivity contribution is 7.89. The Morgan fingerprint density at radius 2 is 1.67 bits per heavy atom. The van der Waals surface area contributed by atoms with Crippen LogP contribution in [0.15, 0.2) is 47.4 Å². The number of hydrogen-bond acceptors (Lipinski definition) is 3. The number of nitrogens with one attached hydrogen (secondary N) is 1. The molecule has 2 heterocycles. The van der Waals surface area contributed by atoms with Gasteiger partial charge in [0.15, 0.2) is 0 Å². The van der Waals surface area contributed by atoms with E-state index in [1.165, 1.54) is 43.5 Å². The number of amides is 1. The summed E-state index contributed by atoms with van der Waals surface area (Å²) in [6.45, 7) is 5.40. The first-order valence-corrected chi connectivity index (χ1v) is 13.6. The standard InChI is InChI=1S/C26H35N3O3S/c1-20-19-22(21(2)29(20)24-9-5-3-6-10-24)13-14-26(30)28-17-15-23(16-18-28)27-33(31,32)25-11-7-4-8-12-25/h4,7-8,11-14,19,23-24,27H,3,5-6,9-10,15-18H2,1-2H3/b14-13+. The Balaban J connectivity index is 1.33. The first kappa shape index (κ1) is 23.8. The van der Waals surface area contributed by atoms with E-state index < -0.39 is 10.0 Å². The summed E-state index contributed by atoms with van der Waals surface area (Å²) < 4.78 is 30.3. The number of aryl methyl sites for hydroxylation is 1. The lowest BCUT2D eigenvalue weighted by Crippen LogP contribution is -2.46. The van der Waals surface area contributed by atoms with Gasteiger partial charge in [-0.25, -0.2) is 13.1 Å². The largest absolute Gasteiger partial charge is 0.346 e. The van der Waals surface area contributed by atoms with E-state index in [1.807, 2.05) is 11.0 Å². The van der Waals surface area contributed by atoms with Crippen LogP contribution in [-0.4, -0.2) is 42.9 Å². The van der Waals surface area contributed by atoms with Gasteiger partial charge in [-0.15, -0.1) is 0 Å². The van der Waals surface area contributed by atoms with E-state index in [0.717, 1.165) is 5.56 Å². The summed E-state index contributed by atoms with van der Waals surface area (Å²) >= 11 is 0. The fourth-order valence-electron chi connectivity index (χ4n) is 5.24. The first-order chi connectivity index (χ1) is 15.8. The number of sulfonamides is 1. The van der Waals surface area contributed by atoms with Crippen molar-refractivity contribution in [2.24, 2.45) is 0 Å².